The smallest absolute Gasteiger partial charge is 0.150 e. The Morgan fingerprint density at radius 2 is 1.79 bits per heavy atom. The van der Waals surface area contributed by atoms with Crippen LogP contribution in [0.5, 0.6) is 5.75 Å². The van der Waals surface area contributed by atoms with Crippen LogP contribution in [0.15, 0.2) is 12.1 Å². The Kier molecular flexibility index (Phi) is 7.19. The average Bonchev–Trinajstić information content (AvgIpc) is 3.11. The molecular formula is C23H31N3O2S. The van der Waals surface area contributed by atoms with Crippen LogP contribution in [0, 0.1) is 0 Å². The quantitative estimate of drug-likeness (QED) is 0.576. The number of anilines is 1. The second-order valence-electron chi connectivity index (χ2n) is 7.39. The minimum atomic E-state index is 0.367. The molecule has 0 aliphatic heterocycles. The lowest BCUT2D eigenvalue weighted by Gasteiger charge is -2.20. The third-order valence-electron chi connectivity index (χ3n) is 5.58. The van der Waals surface area contributed by atoms with Crippen molar-refractivity contribution >= 4 is 22.9 Å². The van der Waals surface area contributed by atoms with Crippen molar-refractivity contribution in [2.45, 2.75) is 65.5 Å². The molecule has 0 saturated heterocycles. The highest BCUT2D eigenvalue weighted by Crippen LogP contribution is 2.37. The number of aromatic nitrogens is 2. The number of aryl methyl sites for hydroxylation is 2. The van der Waals surface area contributed by atoms with Gasteiger partial charge in [-0.25, -0.2) is 9.97 Å². The molecule has 0 spiro atoms. The summed E-state index contributed by atoms with van der Waals surface area (Å²) in [6, 6.07) is 4.61. The highest BCUT2D eigenvalue weighted by Gasteiger charge is 2.23. The molecule has 1 heterocycles. The van der Waals surface area contributed by atoms with Crippen molar-refractivity contribution in [1.29, 1.82) is 0 Å². The van der Waals surface area contributed by atoms with Gasteiger partial charge >= 0.3 is 0 Å². The lowest BCUT2D eigenvalue weighted by Crippen LogP contribution is -2.21. The monoisotopic (exact) mass is 413 g/mol. The van der Waals surface area contributed by atoms with Gasteiger partial charge in [0.25, 0.3) is 0 Å². The largest absolute Gasteiger partial charge is 0.496 e. The Morgan fingerprint density at radius 1 is 1.03 bits per heavy atom. The van der Waals surface area contributed by atoms with Crippen molar-refractivity contribution in [3.63, 3.8) is 0 Å². The van der Waals surface area contributed by atoms with Gasteiger partial charge in [-0.15, -0.1) is 0 Å². The second kappa shape index (κ2) is 9.63. The molecule has 0 amide bonds. The molecule has 6 heteroatoms. The van der Waals surface area contributed by atoms with Crippen LogP contribution >= 0.6 is 12.2 Å². The van der Waals surface area contributed by atoms with E-state index in [1.807, 2.05) is 0 Å². The fourth-order valence-corrected chi connectivity index (χ4v) is 4.13. The zero-order valence-corrected chi connectivity index (χ0v) is 18.9. The molecule has 0 bridgehead atoms. The molecule has 0 unspecified atom stereocenters. The van der Waals surface area contributed by atoms with Gasteiger partial charge in [-0.2, -0.15) is 0 Å². The maximum absolute atomic E-state index is 5.73. The molecule has 0 saturated carbocycles. The number of benzene rings is 1. The third kappa shape index (κ3) is 4.43. The molecule has 0 atom stereocenters. The number of methoxy groups -OCH3 is 2. The molecule has 1 aromatic carbocycles. The van der Waals surface area contributed by atoms with Crippen molar-refractivity contribution in [3.8, 4) is 17.0 Å². The summed E-state index contributed by atoms with van der Waals surface area (Å²) in [6.07, 6.45) is 4.75. The lowest BCUT2D eigenvalue weighted by molar-refractivity contribution is 0.181. The summed E-state index contributed by atoms with van der Waals surface area (Å²) < 4.78 is 11.2. The van der Waals surface area contributed by atoms with E-state index in [1.165, 1.54) is 5.56 Å². The Bertz CT molecular complexity index is 894. The van der Waals surface area contributed by atoms with Gasteiger partial charge < -0.3 is 14.8 Å². The second-order valence-corrected chi connectivity index (χ2v) is 7.88. The predicted octanol–water partition coefficient (Wildman–Crippen LogP) is 5.13. The van der Waals surface area contributed by atoms with Crippen molar-refractivity contribution in [2.75, 3.05) is 19.5 Å². The first-order valence-corrected chi connectivity index (χ1v) is 10.9. The molecule has 0 radical (unpaired) electrons. The van der Waals surface area contributed by atoms with Crippen LogP contribution in [-0.4, -0.2) is 35.1 Å². The van der Waals surface area contributed by atoms with Crippen LogP contribution in [0.2, 0.25) is 0 Å². The summed E-state index contributed by atoms with van der Waals surface area (Å²) in [4.78, 5) is 11.0. The van der Waals surface area contributed by atoms with E-state index >= 15 is 0 Å². The number of hydrogen-bond donors (Lipinski definition) is 1. The van der Waals surface area contributed by atoms with Crippen LogP contribution in [0.25, 0.3) is 11.3 Å². The number of nitrogens with one attached hydrogen (secondary N) is 1. The first-order chi connectivity index (χ1) is 14.1. The highest BCUT2D eigenvalue weighted by molar-refractivity contribution is 7.80. The number of thiocarbonyl (C=S) groups is 1. The molecule has 1 aliphatic rings. The first-order valence-electron chi connectivity index (χ1n) is 10.5. The van der Waals surface area contributed by atoms with Crippen molar-refractivity contribution in [1.82, 2.24) is 9.97 Å². The van der Waals surface area contributed by atoms with Crippen LogP contribution in [-0.2, 0) is 24.2 Å². The number of fused-ring (bicyclic) bond motifs is 1. The Labute approximate surface area is 179 Å². The number of hydrogen-bond acceptors (Lipinski definition) is 6. The molecule has 1 aromatic heterocycles. The molecule has 0 fully saturated rings. The van der Waals surface area contributed by atoms with Crippen LogP contribution in [0.1, 0.15) is 62.5 Å². The van der Waals surface area contributed by atoms with Gasteiger partial charge in [0, 0.05) is 23.6 Å². The normalized spacial score (nSPS) is 13.1. The van der Waals surface area contributed by atoms with Gasteiger partial charge in [0.2, 0.25) is 0 Å². The Morgan fingerprint density at radius 3 is 2.41 bits per heavy atom. The molecule has 2 aromatic rings. The summed E-state index contributed by atoms with van der Waals surface area (Å²) in [6.45, 7) is 6.88. The number of nitrogens with zero attached hydrogens (tertiary/aromatic N) is 2. The summed E-state index contributed by atoms with van der Waals surface area (Å²) in [5.41, 5.74) is 6.03. The van der Waals surface area contributed by atoms with Crippen LogP contribution < -0.4 is 10.1 Å². The zero-order valence-electron chi connectivity index (χ0n) is 18.1. The van der Waals surface area contributed by atoms with Crippen molar-refractivity contribution in [2.24, 2.45) is 0 Å². The third-order valence-corrected chi connectivity index (χ3v) is 6.01. The minimum absolute atomic E-state index is 0.367. The fraction of sp³-hybridized carbons (Fsp3) is 0.522. The van der Waals surface area contributed by atoms with E-state index in [-0.39, 0.29) is 0 Å². The molecule has 29 heavy (non-hydrogen) atoms. The van der Waals surface area contributed by atoms with Crippen molar-refractivity contribution in [3.05, 3.63) is 34.6 Å². The maximum atomic E-state index is 5.73. The van der Waals surface area contributed by atoms with Crippen LogP contribution in [0.4, 0.5) is 5.82 Å². The van der Waals surface area contributed by atoms with E-state index in [0.29, 0.717) is 12.6 Å². The summed E-state index contributed by atoms with van der Waals surface area (Å²) in [7, 11) is 3.38. The molecular weight excluding hydrogens is 382 g/mol. The van der Waals surface area contributed by atoms with Gasteiger partial charge in [-0.3, -0.25) is 0 Å². The fourth-order valence-electron chi connectivity index (χ4n) is 3.83. The first kappa shape index (κ1) is 21.7. The van der Waals surface area contributed by atoms with E-state index in [1.54, 1.807) is 14.2 Å². The minimum Gasteiger partial charge on any atom is -0.496 e. The van der Waals surface area contributed by atoms with E-state index in [2.05, 4.69) is 38.2 Å². The van der Waals surface area contributed by atoms with Gasteiger partial charge in [-0.1, -0.05) is 33.0 Å². The molecule has 1 aliphatic carbocycles. The van der Waals surface area contributed by atoms with Gasteiger partial charge in [0.15, 0.2) is 5.82 Å². The lowest BCUT2D eigenvalue weighted by atomic mass is 10.0. The van der Waals surface area contributed by atoms with E-state index in [9.17, 15) is 0 Å². The summed E-state index contributed by atoms with van der Waals surface area (Å²) >= 11 is 5.52. The standard InChI is InChI=1S/C23H31N3O2S/c1-6-15(7-2)24-23-19(13-27-4)25-22(18(8-3)26-23)17-11-14-9-10-21(29)16(14)12-20(17)28-5/h11-12,15H,6-10,13H2,1-5H3,(H,24,26). The van der Waals surface area contributed by atoms with E-state index in [4.69, 9.17) is 31.7 Å². The predicted molar refractivity (Wildman–Crippen MR) is 122 cm³/mol. The SMILES string of the molecule is CCc1nc(NC(CC)CC)c(COC)nc1-c1cc2c(cc1OC)C(=S)CC2. The Hall–Kier alpha value is -2.05. The number of rotatable bonds is 9. The topological polar surface area (TPSA) is 56.3 Å². The van der Waals surface area contributed by atoms with Gasteiger partial charge in [0.05, 0.1) is 25.1 Å². The molecule has 1 N–H and O–H groups in total. The van der Waals surface area contributed by atoms with Crippen LogP contribution in [0.3, 0.4) is 0 Å². The maximum Gasteiger partial charge on any atom is 0.150 e. The number of ether oxygens (including phenoxy) is 2. The molecule has 5 nitrogen and oxygen atoms in total. The summed E-state index contributed by atoms with van der Waals surface area (Å²) in [5, 5.41) is 3.56. The van der Waals surface area contributed by atoms with Gasteiger partial charge in [0.1, 0.15) is 11.4 Å². The molecule has 156 valence electrons. The molecule has 3 rings (SSSR count). The van der Waals surface area contributed by atoms with Gasteiger partial charge in [-0.05, 0) is 55.4 Å². The summed E-state index contributed by atoms with van der Waals surface area (Å²) in [5.74, 6) is 1.61. The van der Waals surface area contributed by atoms with Crippen molar-refractivity contribution < 1.29 is 9.47 Å². The van der Waals surface area contributed by atoms with E-state index in [0.717, 1.165) is 76.7 Å². The highest BCUT2D eigenvalue weighted by atomic mass is 32.1. The average molecular weight is 414 g/mol. The van der Waals surface area contributed by atoms with E-state index < -0.39 is 0 Å². The zero-order chi connectivity index (χ0) is 21.0. The Balaban J connectivity index is 2.14.